The quantitative estimate of drug-likeness (QED) is 0.899. The lowest BCUT2D eigenvalue weighted by atomic mass is 10.1. The molecular weight excluding hydrogens is 309 g/mol. The van der Waals surface area contributed by atoms with Crippen molar-refractivity contribution in [3.63, 3.8) is 0 Å². The number of carbonyl (C=O) groups is 1. The van der Waals surface area contributed by atoms with Crippen LogP contribution in [0.5, 0.6) is 0 Å². The smallest absolute Gasteiger partial charge is 0.375 e. The Morgan fingerprint density at radius 1 is 1.48 bits per heavy atom. The van der Waals surface area contributed by atoms with Crippen LogP contribution in [0.15, 0.2) is 18.2 Å². The van der Waals surface area contributed by atoms with Gasteiger partial charge in [0.25, 0.3) is 0 Å². The number of hydrogen-bond acceptors (Lipinski definition) is 3. The molecule has 1 atom stereocenters. The molecule has 1 amide bonds. The number of ether oxygens (including phenoxy) is 1. The summed E-state index contributed by atoms with van der Waals surface area (Å²) < 4.78 is 44.0. The molecule has 1 aliphatic heterocycles. The van der Waals surface area contributed by atoms with Gasteiger partial charge in [-0.2, -0.15) is 13.2 Å². The number of carbonyl (C=O) groups excluding carboxylic acids is 1. The zero-order valence-corrected chi connectivity index (χ0v) is 11.7. The van der Waals surface area contributed by atoms with E-state index in [1.165, 1.54) is 6.07 Å². The van der Waals surface area contributed by atoms with E-state index in [0.29, 0.717) is 19.7 Å². The molecular formula is C13H14ClF3N2O2. The van der Waals surface area contributed by atoms with Crippen LogP contribution in [-0.2, 0) is 15.7 Å². The molecule has 1 fully saturated rings. The minimum absolute atomic E-state index is 0.00702. The van der Waals surface area contributed by atoms with Crippen molar-refractivity contribution in [2.24, 2.45) is 0 Å². The van der Waals surface area contributed by atoms with E-state index in [2.05, 4.69) is 10.6 Å². The summed E-state index contributed by atoms with van der Waals surface area (Å²) >= 11 is 5.57. The van der Waals surface area contributed by atoms with Gasteiger partial charge >= 0.3 is 6.18 Å². The van der Waals surface area contributed by atoms with Crippen molar-refractivity contribution < 1.29 is 22.7 Å². The lowest BCUT2D eigenvalue weighted by Crippen LogP contribution is -2.40. The molecule has 1 aliphatic rings. The van der Waals surface area contributed by atoms with E-state index in [9.17, 15) is 18.0 Å². The van der Waals surface area contributed by atoms with Crippen LogP contribution < -0.4 is 10.6 Å². The molecule has 2 rings (SSSR count). The molecule has 116 valence electrons. The number of rotatable bonds is 3. The highest BCUT2D eigenvalue weighted by molar-refractivity contribution is 6.30. The molecule has 0 saturated carbocycles. The van der Waals surface area contributed by atoms with Crippen molar-refractivity contribution in [1.82, 2.24) is 5.32 Å². The lowest BCUT2D eigenvalue weighted by molar-refractivity contribution is -0.137. The van der Waals surface area contributed by atoms with Crippen molar-refractivity contribution in [2.75, 3.05) is 25.0 Å². The van der Waals surface area contributed by atoms with E-state index in [1.54, 1.807) is 0 Å². The Bertz CT molecular complexity index is 517. The molecule has 2 N–H and O–H groups in total. The van der Waals surface area contributed by atoms with Gasteiger partial charge in [-0.05, 0) is 18.2 Å². The molecule has 0 aliphatic carbocycles. The van der Waals surface area contributed by atoms with Crippen LogP contribution in [0.25, 0.3) is 0 Å². The zero-order chi connectivity index (χ0) is 15.5. The molecule has 8 heteroatoms. The molecule has 1 aromatic rings. The maximum absolute atomic E-state index is 12.9. The molecule has 0 bridgehead atoms. The minimum Gasteiger partial charge on any atom is -0.375 e. The van der Waals surface area contributed by atoms with E-state index < -0.39 is 17.6 Å². The van der Waals surface area contributed by atoms with E-state index in [4.69, 9.17) is 16.3 Å². The van der Waals surface area contributed by atoms with Gasteiger partial charge in [-0.15, -0.1) is 0 Å². The fourth-order valence-electron chi connectivity index (χ4n) is 2.02. The number of anilines is 1. The van der Waals surface area contributed by atoms with E-state index in [1.807, 2.05) is 0 Å². The third kappa shape index (κ3) is 4.59. The van der Waals surface area contributed by atoms with Gasteiger partial charge in [0, 0.05) is 18.1 Å². The summed E-state index contributed by atoms with van der Waals surface area (Å²) in [5.41, 5.74) is -1.27. The topological polar surface area (TPSA) is 50.4 Å². The van der Waals surface area contributed by atoms with Crippen LogP contribution in [-0.4, -0.2) is 31.7 Å². The second-order valence-electron chi connectivity index (χ2n) is 4.64. The van der Waals surface area contributed by atoms with E-state index >= 15 is 0 Å². The highest BCUT2D eigenvalue weighted by Crippen LogP contribution is 2.36. The van der Waals surface area contributed by atoms with Gasteiger partial charge in [-0.1, -0.05) is 11.6 Å². The number of alkyl halides is 3. The number of hydrogen-bond donors (Lipinski definition) is 2. The molecule has 1 saturated heterocycles. The first-order valence-electron chi connectivity index (χ1n) is 6.35. The maximum Gasteiger partial charge on any atom is 0.418 e. The Morgan fingerprint density at radius 3 is 2.86 bits per heavy atom. The second-order valence-corrected chi connectivity index (χ2v) is 5.07. The Hall–Kier alpha value is -1.31. The highest BCUT2D eigenvalue weighted by Gasteiger charge is 2.34. The standard InChI is InChI=1S/C13H14ClF3N2O2/c14-8-1-2-11(10(5-8)13(15,16)17)19-12(20)6-9-7-18-3-4-21-9/h1-2,5,9,18H,3-4,6-7H2,(H,19,20). The molecule has 1 unspecified atom stereocenters. The summed E-state index contributed by atoms with van der Waals surface area (Å²) in [6.45, 7) is 1.68. The van der Waals surface area contributed by atoms with Crippen molar-refractivity contribution >= 4 is 23.2 Å². The Kier molecular flexibility index (Phi) is 5.08. The Labute approximate surface area is 124 Å². The van der Waals surface area contributed by atoms with E-state index in [0.717, 1.165) is 12.1 Å². The molecule has 0 radical (unpaired) electrons. The second kappa shape index (κ2) is 6.64. The minimum atomic E-state index is -4.59. The first kappa shape index (κ1) is 16.1. The van der Waals surface area contributed by atoms with Crippen LogP contribution in [0.3, 0.4) is 0 Å². The summed E-state index contributed by atoms with van der Waals surface area (Å²) in [5, 5.41) is 5.27. The molecule has 1 aromatic carbocycles. The Morgan fingerprint density at radius 2 is 2.24 bits per heavy atom. The highest BCUT2D eigenvalue weighted by atomic mass is 35.5. The molecule has 1 heterocycles. The van der Waals surface area contributed by atoms with Gasteiger partial charge in [-0.25, -0.2) is 0 Å². The average molecular weight is 323 g/mol. The van der Waals surface area contributed by atoms with Gasteiger partial charge in [-0.3, -0.25) is 4.79 Å². The maximum atomic E-state index is 12.9. The fraction of sp³-hybridized carbons (Fsp3) is 0.462. The van der Waals surface area contributed by atoms with Gasteiger partial charge in [0.05, 0.1) is 30.4 Å². The first-order chi connectivity index (χ1) is 9.86. The number of benzene rings is 1. The van der Waals surface area contributed by atoms with Gasteiger partial charge < -0.3 is 15.4 Å². The van der Waals surface area contributed by atoms with Gasteiger partial charge in [0.2, 0.25) is 5.91 Å². The largest absolute Gasteiger partial charge is 0.418 e. The van der Waals surface area contributed by atoms with Crippen molar-refractivity contribution in [3.05, 3.63) is 28.8 Å². The SMILES string of the molecule is O=C(CC1CNCCO1)Nc1ccc(Cl)cc1C(F)(F)F. The number of morpholine rings is 1. The average Bonchev–Trinajstić information content (AvgIpc) is 2.40. The van der Waals surface area contributed by atoms with E-state index in [-0.39, 0.29) is 23.2 Å². The third-order valence-electron chi connectivity index (χ3n) is 2.98. The summed E-state index contributed by atoms with van der Waals surface area (Å²) in [4.78, 5) is 11.8. The number of amides is 1. The number of nitrogens with one attached hydrogen (secondary N) is 2. The lowest BCUT2D eigenvalue weighted by Gasteiger charge is -2.23. The summed E-state index contributed by atoms with van der Waals surface area (Å²) in [6, 6.07) is 3.23. The predicted molar refractivity (Wildman–Crippen MR) is 72.3 cm³/mol. The first-order valence-corrected chi connectivity index (χ1v) is 6.73. The molecule has 0 aromatic heterocycles. The van der Waals surface area contributed by atoms with Crippen LogP contribution in [0.2, 0.25) is 5.02 Å². The monoisotopic (exact) mass is 322 g/mol. The van der Waals surface area contributed by atoms with Crippen LogP contribution >= 0.6 is 11.6 Å². The number of halogens is 4. The van der Waals surface area contributed by atoms with Crippen LogP contribution in [0, 0.1) is 0 Å². The van der Waals surface area contributed by atoms with Crippen molar-refractivity contribution in [2.45, 2.75) is 18.7 Å². The molecule has 0 spiro atoms. The Balaban J connectivity index is 2.06. The van der Waals surface area contributed by atoms with Gasteiger partial charge in [0.15, 0.2) is 0 Å². The van der Waals surface area contributed by atoms with Crippen LogP contribution in [0.1, 0.15) is 12.0 Å². The molecule has 4 nitrogen and oxygen atoms in total. The molecule has 21 heavy (non-hydrogen) atoms. The van der Waals surface area contributed by atoms with Gasteiger partial charge in [0.1, 0.15) is 0 Å². The predicted octanol–water partition coefficient (Wildman–Crippen LogP) is 2.68. The fourth-order valence-corrected chi connectivity index (χ4v) is 2.19. The van der Waals surface area contributed by atoms with Crippen molar-refractivity contribution in [3.8, 4) is 0 Å². The summed E-state index contributed by atoms with van der Waals surface area (Å²) in [6.07, 6.45) is -4.93. The normalized spacial score (nSPS) is 19.3. The zero-order valence-electron chi connectivity index (χ0n) is 11.0. The van der Waals surface area contributed by atoms with Crippen molar-refractivity contribution in [1.29, 1.82) is 0 Å². The summed E-state index contributed by atoms with van der Waals surface area (Å²) in [7, 11) is 0. The summed E-state index contributed by atoms with van der Waals surface area (Å²) in [5.74, 6) is -0.531. The van der Waals surface area contributed by atoms with Crippen LogP contribution in [0.4, 0.5) is 18.9 Å². The third-order valence-corrected chi connectivity index (χ3v) is 3.21.